The zero-order chi connectivity index (χ0) is 25.9. The van der Waals surface area contributed by atoms with Gasteiger partial charge in [0.05, 0.1) is 4.90 Å². The van der Waals surface area contributed by atoms with Crippen LogP contribution in [0.5, 0.6) is 0 Å². The van der Waals surface area contributed by atoms with Crippen LogP contribution in [0.3, 0.4) is 0 Å². The van der Waals surface area contributed by atoms with E-state index < -0.39 is 39.5 Å². The molecule has 36 heavy (non-hydrogen) atoms. The molecule has 1 atom stereocenters. The molecule has 0 unspecified atom stereocenters. The summed E-state index contributed by atoms with van der Waals surface area (Å²) in [5.74, 6) is -2.93. The number of nitrogens with zero attached hydrogens (tertiary/aromatic N) is 1. The second kappa shape index (κ2) is 10.7. The van der Waals surface area contributed by atoms with Crippen LogP contribution < -0.4 is 10.6 Å². The van der Waals surface area contributed by atoms with Gasteiger partial charge >= 0.3 is 0 Å². The monoisotopic (exact) mass is 515 g/mol. The summed E-state index contributed by atoms with van der Waals surface area (Å²) in [6, 6.07) is 14.5. The molecule has 10 heteroatoms. The van der Waals surface area contributed by atoms with Crippen LogP contribution in [0.15, 0.2) is 65.6 Å². The number of hydrogen-bond donors (Lipinski definition) is 2. The summed E-state index contributed by atoms with van der Waals surface area (Å²) in [5.41, 5.74) is 0.360. The molecule has 4 rings (SSSR count). The third-order valence-corrected chi connectivity index (χ3v) is 8.24. The second-order valence-electron chi connectivity index (χ2n) is 8.87. The Balaban J connectivity index is 1.41. The van der Waals surface area contributed by atoms with Gasteiger partial charge in [0.2, 0.25) is 21.8 Å². The van der Waals surface area contributed by atoms with E-state index in [0.29, 0.717) is 23.8 Å². The number of carbonyl (C=O) groups excluding carboxylic acids is 2. The van der Waals surface area contributed by atoms with Gasteiger partial charge in [-0.25, -0.2) is 17.2 Å². The second-order valence-corrected chi connectivity index (χ2v) is 10.8. The normalized spacial score (nSPS) is 16.0. The molecule has 0 bridgehead atoms. The first-order valence-corrected chi connectivity index (χ1v) is 13.1. The minimum Gasteiger partial charge on any atom is -0.351 e. The molecule has 1 heterocycles. The Morgan fingerprint density at radius 1 is 1.00 bits per heavy atom. The summed E-state index contributed by atoms with van der Waals surface area (Å²) >= 11 is 0. The number of nitrogens with one attached hydrogen (secondary N) is 2. The fourth-order valence-corrected chi connectivity index (χ4v) is 6.14. The molecule has 0 saturated carbocycles. The predicted molar refractivity (Wildman–Crippen MR) is 132 cm³/mol. The lowest BCUT2D eigenvalue weighted by atomic mass is 10.0. The Bertz CT molecular complexity index is 1380. The summed E-state index contributed by atoms with van der Waals surface area (Å²) in [6.07, 6.45) is 0.776. The Morgan fingerprint density at radius 3 is 2.39 bits per heavy atom. The van der Waals surface area contributed by atoms with Crippen LogP contribution in [-0.4, -0.2) is 49.7 Å². The van der Waals surface area contributed by atoms with Crippen molar-refractivity contribution < 1.29 is 26.8 Å². The molecule has 1 aliphatic heterocycles. The van der Waals surface area contributed by atoms with E-state index in [1.165, 1.54) is 17.3 Å². The molecule has 1 saturated heterocycles. The van der Waals surface area contributed by atoms with Crippen molar-refractivity contribution in [3.8, 4) is 0 Å². The van der Waals surface area contributed by atoms with Gasteiger partial charge < -0.3 is 10.6 Å². The molecule has 0 spiro atoms. The summed E-state index contributed by atoms with van der Waals surface area (Å²) in [5, 5.41) is 6.92. The average molecular weight is 516 g/mol. The van der Waals surface area contributed by atoms with Crippen molar-refractivity contribution in [3.63, 3.8) is 0 Å². The van der Waals surface area contributed by atoms with Crippen LogP contribution in [0, 0.1) is 11.6 Å². The molecule has 1 fully saturated rings. The standard InChI is InChI=1S/C26H27F2N3O4S/c1-17(32)29-24(16-18-9-10-22(27)23(28)15-18)26(33)30-20-11-13-31(14-12-20)36(34,35)25-8-4-6-19-5-2-3-7-21(19)25/h2-10,15,20,24H,11-14,16H2,1H3,(H,29,32)(H,30,33)/t24-/m0/s1. The smallest absolute Gasteiger partial charge is 0.243 e. The molecule has 0 aromatic heterocycles. The Hall–Kier alpha value is -3.37. The van der Waals surface area contributed by atoms with Gasteiger partial charge in [-0.15, -0.1) is 0 Å². The molecule has 3 aromatic rings. The van der Waals surface area contributed by atoms with Crippen molar-refractivity contribution in [2.45, 2.75) is 43.2 Å². The number of amides is 2. The molecule has 0 radical (unpaired) electrons. The average Bonchev–Trinajstić information content (AvgIpc) is 2.85. The molecule has 0 aliphatic carbocycles. The number of hydrogen-bond acceptors (Lipinski definition) is 4. The van der Waals surface area contributed by atoms with Gasteiger partial charge in [-0.2, -0.15) is 4.31 Å². The SMILES string of the molecule is CC(=O)N[C@@H](Cc1ccc(F)c(F)c1)C(=O)NC1CCN(S(=O)(=O)c2cccc3ccccc23)CC1. The first kappa shape index (κ1) is 25.7. The Morgan fingerprint density at radius 2 is 1.69 bits per heavy atom. The summed E-state index contributed by atoms with van der Waals surface area (Å²) < 4.78 is 55.0. The minimum absolute atomic E-state index is 0.0169. The molecule has 3 aromatic carbocycles. The molecule has 2 amide bonds. The third kappa shape index (κ3) is 5.71. The number of benzene rings is 3. The lowest BCUT2D eigenvalue weighted by molar-refractivity contribution is -0.128. The van der Waals surface area contributed by atoms with Gasteiger partial charge in [-0.05, 0) is 42.0 Å². The summed E-state index contributed by atoms with van der Waals surface area (Å²) in [7, 11) is -3.72. The maximum atomic E-state index is 13.6. The quantitative estimate of drug-likeness (QED) is 0.506. The lowest BCUT2D eigenvalue weighted by Gasteiger charge is -2.32. The van der Waals surface area contributed by atoms with E-state index in [1.54, 1.807) is 24.3 Å². The number of carbonyl (C=O) groups is 2. The van der Waals surface area contributed by atoms with E-state index >= 15 is 0 Å². The van der Waals surface area contributed by atoms with Gasteiger partial charge in [-0.3, -0.25) is 9.59 Å². The highest BCUT2D eigenvalue weighted by Gasteiger charge is 2.32. The van der Waals surface area contributed by atoms with Gasteiger partial charge in [0.25, 0.3) is 0 Å². The highest BCUT2D eigenvalue weighted by molar-refractivity contribution is 7.89. The van der Waals surface area contributed by atoms with E-state index in [9.17, 15) is 26.8 Å². The predicted octanol–water partition coefficient (Wildman–Crippen LogP) is 3.13. The van der Waals surface area contributed by atoms with Gasteiger partial charge in [0, 0.05) is 37.9 Å². The van der Waals surface area contributed by atoms with Crippen molar-refractivity contribution in [1.82, 2.24) is 14.9 Å². The Labute approximate surface area is 208 Å². The molecule has 7 nitrogen and oxygen atoms in total. The molecule has 1 aliphatic rings. The molecule has 2 N–H and O–H groups in total. The largest absolute Gasteiger partial charge is 0.351 e. The first-order chi connectivity index (χ1) is 17.1. The highest BCUT2D eigenvalue weighted by Crippen LogP contribution is 2.27. The Kier molecular flexibility index (Phi) is 7.65. The van der Waals surface area contributed by atoms with E-state index in [4.69, 9.17) is 0 Å². The van der Waals surface area contributed by atoms with Crippen molar-refractivity contribution in [2.75, 3.05) is 13.1 Å². The van der Waals surface area contributed by atoms with Gasteiger partial charge in [-0.1, -0.05) is 42.5 Å². The number of sulfonamides is 1. The van der Waals surface area contributed by atoms with Gasteiger partial charge in [0.15, 0.2) is 11.6 Å². The van der Waals surface area contributed by atoms with Crippen molar-refractivity contribution >= 4 is 32.6 Å². The maximum absolute atomic E-state index is 13.6. The van der Waals surface area contributed by atoms with Crippen LogP contribution >= 0.6 is 0 Å². The van der Waals surface area contributed by atoms with E-state index in [0.717, 1.165) is 17.5 Å². The number of piperidine rings is 1. The van der Waals surface area contributed by atoms with Crippen molar-refractivity contribution in [2.24, 2.45) is 0 Å². The van der Waals surface area contributed by atoms with Crippen LogP contribution in [0.1, 0.15) is 25.3 Å². The highest BCUT2D eigenvalue weighted by atomic mass is 32.2. The molecular formula is C26H27F2N3O4S. The van der Waals surface area contributed by atoms with Crippen molar-refractivity contribution in [1.29, 1.82) is 0 Å². The van der Waals surface area contributed by atoms with E-state index in [1.807, 2.05) is 18.2 Å². The lowest BCUT2D eigenvalue weighted by Crippen LogP contribution is -2.53. The fourth-order valence-electron chi connectivity index (χ4n) is 4.46. The number of rotatable bonds is 7. The minimum atomic E-state index is -3.72. The zero-order valence-corrected chi connectivity index (χ0v) is 20.5. The first-order valence-electron chi connectivity index (χ1n) is 11.6. The van der Waals surface area contributed by atoms with Crippen LogP contribution in [0.2, 0.25) is 0 Å². The van der Waals surface area contributed by atoms with Crippen molar-refractivity contribution in [3.05, 3.63) is 77.9 Å². The zero-order valence-electron chi connectivity index (χ0n) is 19.7. The van der Waals surface area contributed by atoms with Crippen LogP contribution in [0.25, 0.3) is 10.8 Å². The summed E-state index contributed by atoms with van der Waals surface area (Å²) in [6.45, 7) is 1.72. The molecule has 190 valence electrons. The van der Waals surface area contributed by atoms with Crippen LogP contribution in [-0.2, 0) is 26.0 Å². The topological polar surface area (TPSA) is 95.6 Å². The third-order valence-electron chi connectivity index (χ3n) is 6.29. The number of fused-ring (bicyclic) bond motifs is 1. The number of halogens is 2. The van der Waals surface area contributed by atoms with E-state index in [-0.39, 0.29) is 30.4 Å². The maximum Gasteiger partial charge on any atom is 0.243 e. The molecular weight excluding hydrogens is 488 g/mol. The fraction of sp³-hybridized carbons (Fsp3) is 0.308. The summed E-state index contributed by atoms with van der Waals surface area (Å²) in [4.78, 5) is 24.8. The van der Waals surface area contributed by atoms with Gasteiger partial charge in [0.1, 0.15) is 6.04 Å². The van der Waals surface area contributed by atoms with E-state index in [2.05, 4.69) is 10.6 Å². The van der Waals surface area contributed by atoms with Crippen LogP contribution in [0.4, 0.5) is 8.78 Å².